The van der Waals surface area contributed by atoms with Crippen molar-refractivity contribution in [3.63, 3.8) is 0 Å². The summed E-state index contributed by atoms with van der Waals surface area (Å²) in [6.45, 7) is -0.432. The first kappa shape index (κ1) is 26.6. The Morgan fingerprint density at radius 1 is 1.12 bits per heavy atom. The maximum Gasteiger partial charge on any atom is 0.400 e. The Hall–Kier alpha value is -2.05. The number of carbonyl (C=O) groups is 1. The summed E-state index contributed by atoms with van der Waals surface area (Å²) >= 11 is 3.23. The van der Waals surface area contributed by atoms with E-state index in [-0.39, 0.29) is 25.9 Å². The fraction of sp³-hybridized carbons (Fsp3) is 0.250. The highest BCUT2D eigenvalue weighted by atomic mass is 79.9. The van der Waals surface area contributed by atoms with Crippen LogP contribution in [0.4, 0.5) is 27.6 Å². The van der Waals surface area contributed by atoms with E-state index in [0.29, 0.717) is 17.0 Å². The normalized spacial score (nSPS) is 12.7. The molecule has 1 heterocycles. The van der Waals surface area contributed by atoms with Crippen LogP contribution in [0.2, 0.25) is 0 Å². The number of fused-ring (bicyclic) bond motifs is 1. The molecular formula is C20H16BrF5NO5PS. The summed E-state index contributed by atoms with van der Waals surface area (Å²) < 4.78 is 82.6. The van der Waals surface area contributed by atoms with Gasteiger partial charge < -0.3 is 19.8 Å². The van der Waals surface area contributed by atoms with Crippen molar-refractivity contribution >= 4 is 56.5 Å². The molecule has 0 bridgehead atoms. The van der Waals surface area contributed by atoms with Gasteiger partial charge >= 0.3 is 19.4 Å². The summed E-state index contributed by atoms with van der Waals surface area (Å²) in [6.07, 6.45) is -5.98. The molecule has 34 heavy (non-hydrogen) atoms. The third kappa shape index (κ3) is 5.95. The minimum absolute atomic E-state index is 0.0142. The van der Waals surface area contributed by atoms with E-state index in [2.05, 4.69) is 21.2 Å². The summed E-state index contributed by atoms with van der Waals surface area (Å²) in [5, 5.41) is 2.58. The van der Waals surface area contributed by atoms with Crippen LogP contribution in [0.15, 0.2) is 46.9 Å². The molecule has 3 aromatic rings. The number of ether oxygens (including phenoxy) is 1. The van der Waals surface area contributed by atoms with E-state index in [9.17, 15) is 31.3 Å². The van der Waals surface area contributed by atoms with Crippen molar-refractivity contribution < 1.29 is 45.8 Å². The standard InChI is InChI=1S/C20H16BrF5NO5PS/c21-15-13-9-11(18(28)27-12-5-2-1-3-6-12)10-14(32-8-4-7-19(22,23)24)16(13)34-17(15)20(25,26)33(29,30)31/h1-3,5-6,9-10H,4,7-8H2,(H,27,28)(H2,29,30,31). The first-order chi connectivity index (χ1) is 15.7. The van der Waals surface area contributed by atoms with Crippen LogP contribution in [0, 0.1) is 0 Å². The molecule has 1 amide bonds. The zero-order valence-corrected chi connectivity index (χ0v) is 20.2. The molecule has 2 aromatic carbocycles. The topological polar surface area (TPSA) is 95.9 Å². The predicted octanol–water partition coefficient (Wildman–Crippen LogP) is 6.86. The van der Waals surface area contributed by atoms with Crippen LogP contribution in [0.5, 0.6) is 5.75 Å². The highest BCUT2D eigenvalue weighted by Gasteiger charge is 2.53. The van der Waals surface area contributed by atoms with Crippen molar-refractivity contribution in [2.75, 3.05) is 11.9 Å². The maximum atomic E-state index is 14.5. The molecule has 1 aromatic heterocycles. The highest BCUT2D eigenvalue weighted by Crippen LogP contribution is 2.63. The van der Waals surface area contributed by atoms with Crippen LogP contribution >= 0.6 is 34.9 Å². The number of hydrogen-bond acceptors (Lipinski definition) is 4. The van der Waals surface area contributed by atoms with E-state index >= 15 is 0 Å². The molecule has 0 saturated heterocycles. The molecule has 0 saturated carbocycles. The lowest BCUT2D eigenvalue weighted by Crippen LogP contribution is -2.13. The van der Waals surface area contributed by atoms with Gasteiger partial charge in [0.1, 0.15) is 10.6 Å². The van der Waals surface area contributed by atoms with Gasteiger partial charge in [-0.05, 0) is 46.6 Å². The fourth-order valence-corrected chi connectivity index (χ4v) is 5.86. The third-order valence-electron chi connectivity index (χ3n) is 4.49. The molecule has 0 radical (unpaired) electrons. The number of carbonyl (C=O) groups excluding carboxylic acids is 1. The Kier molecular flexibility index (Phi) is 7.73. The van der Waals surface area contributed by atoms with Gasteiger partial charge in [0.25, 0.3) is 5.91 Å². The van der Waals surface area contributed by atoms with Gasteiger partial charge in [-0.3, -0.25) is 9.36 Å². The monoisotopic (exact) mass is 587 g/mol. The van der Waals surface area contributed by atoms with Crippen LogP contribution in [0.25, 0.3) is 10.1 Å². The largest absolute Gasteiger partial charge is 0.492 e. The summed E-state index contributed by atoms with van der Waals surface area (Å²) in [6, 6.07) is 10.7. The van der Waals surface area contributed by atoms with Gasteiger partial charge in [0.05, 0.1) is 11.3 Å². The molecule has 0 aliphatic carbocycles. The van der Waals surface area contributed by atoms with Crippen molar-refractivity contribution in [3.8, 4) is 5.75 Å². The molecular weight excluding hydrogens is 572 g/mol. The van der Waals surface area contributed by atoms with E-state index in [1.807, 2.05) is 0 Å². The second kappa shape index (κ2) is 9.90. The highest BCUT2D eigenvalue weighted by molar-refractivity contribution is 9.10. The first-order valence-corrected chi connectivity index (χ1v) is 12.7. The van der Waals surface area contributed by atoms with Crippen LogP contribution < -0.4 is 10.1 Å². The summed E-state index contributed by atoms with van der Waals surface area (Å²) in [5.41, 5.74) is -4.18. The fourth-order valence-electron chi connectivity index (χ4n) is 2.88. The summed E-state index contributed by atoms with van der Waals surface area (Å²) in [7, 11) is -5.91. The van der Waals surface area contributed by atoms with Crippen molar-refractivity contribution in [2.24, 2.45) is 0 Å². The molecule has 0 aliphatic rings. The first-order valence-electron chi connectivity index (χ1n) is 9.46. The number of halogens is 6. The lowest BCUT2D eigenvalue weighted by Gasteiger charge is -2.16. The van der Waals surface area contributed by atoms with Crippen LogP contribution in [0.3, 0.4) is 0 Å². The molecule has 3 N–H and O–H groups in total. The van der Waals surface area contributed by atoms with Gasteiger partial charge in [-0.15, -0.1) is 11.3 Å². The summed E-state index contributed by atoms with van der Waals surface area (Å²) in [5.74, 6) is -0.828. The average molecular weight is 588 g/mol. The Morgan fingerprint density at radius 2 is 1.76 bits per heavy atom. The number of thiophene rings is 1. The smallest absolute Gasteiger partial charge is 0.400 e. The zero-order valence-electron chi connectivity index (χ0n) is 16.9. The quantitative estimate of drug-likeness (QED) is 0.152. The number of benzene rings is 2. The molecule has 14 heteroatoms. The molecule has 0 unspecified atom stereocenters. The molecule has 3 rings (SSSR count). The van der Waals surface area contributed by atoms with Gasteiger partial charge in [-0.1, -0.05) is 18.2 Å². The Bertz CT molecular complexity index is 1250. The Balaban J connectivity index is 2.05. The zero-order chi connectivity index (χ0) is 25.3. The van der Waals surface area contributed by atoms with Gasteiger partial charge in [0.2, 0.25) is 0 Å². The number of hydrogen-bond donors (Lipinski definition) is 3. The summed E-state index contributed by atoms with van der Waals surface area (Å²) in [4.78, 5) is 30.0. The minimum atomic E-state index is -5.91. The number of alkyl halides is 5. The van der Waals surface area contributed by atoms with Crippen molar-refractivity contribution in [1.82, 2.24) is 0 Å². The van der Waals surface area contributed by atoms with Gasteiger partial charge in [-0.2, -0.15) is 22.0 Å². The number of nitrogens with one attached hydrogen (secondary N) is 1. The van der Waals surface area contributed by atoms with E-state index in [0.717, 1.165) is 0 Å². The Labute approximate surface area is 202 Å². The van der Waals surface area contributed by atoms with Gasteiger partial charge in [0.15, 0.2) is 0 Å². The molecule has 0 spiro atoms. The maximum absolute atomic E-state index is 14.5. The van der Waals surface area contributed by atoms with E-state index in [1.165, 1.54) is 12.1 Å². The SMILES string of the molecule is O=C(Nc1ccccc1)c1cc(OCCCC(F)(F)F)c2sc(C(F)(F)P(=O)(O)O)c(Br)c2c1. The third-order valence-corrected chi connectivity index (χ3v) is 7.97. The predicted molar refractivity (Wildman–Crippen MR) is 121 cm³/mol. The average Bonchev–Trinajstić information content (AvgIpc) is 3.07. The number of rotatable bonds is 8. The molecule has 0 fully saturated rings. The van der Waals surface area contributed by atoms with Crippen molar-refractivity contribution in [3.05, 3.63) is 57.4 Å². The Morgan fingerprint density at radius 3 is 2.35 bits per heavy atom. The second-order valence-corrected chi connectivity index (χ2v) is 10.5. The van der Waals surface area contributed by atoms with Crippen LogP contribution in [-0.4, -0.2) is 28.5 Å². The lowest BCUT2D eigenvalue weighted by molar-refractivity contribution is -0.136. The van der Waals surface area contributed by atoms with E-state index in [1.54, 1.807) is 30.3 Å². The van der Waals surface area contributed by atoms with Gasteiger partial charge in [0, 0.05) is 27.5 Å². The molecule has 6 nitrogen and oxygen atoms in total. The molecule has 0 aliphatic heterocycles. The molecule has 0 atom stereocenters. The van der Waals surface area contributed by atoms with Crippen LogP contribution in [-0.2, 0) is 10.2 Å². The lowest BCUT2D eigenvalue weighted by atomic mass is 10.1. The van der Waals surface area contributed by atoms with E-state index in [4.69, 9.17) is 14.5 Å². The number of anilines is 1. The minimum Gasteiger partial charge on any atom is -0.492 e. The number of amides is 1. The van der Waals surface area contributed by atoms with E-state index < -0.39 is 49.7 Å². The molecule has 184 valence electrons. The number of para-hydroxylation sites is 1. The second-order valence-electron chi connectivity index (χ2n) is 7.07. The van der Waals surface area contributed by atoms with Gasteiger partial charge in [-0.25, -0.2) is 0 Å². The van der Waals surface area contributed by atoms with Crippen molar-refractivity contribution in [2.45, 2.75) is 24.7 Å². The van der Waals surface area contributed by atoms with Crippen LogP contribution in [0.1, 0.15) is 28.1 Å². The van der Waals surface area contributed by atoms with Crippen molar-refractivity contribution in [1.29, 1.82) is 0 Å².